The van der Waals surface area contributed by atoms with Gasteiger partial charge in [-0.15, -0.1) is 0 Å². The Kier molecular flexibility index (Phi) is 6.87. The van der Waals surface area contributed by atoms with E-state index in [1.54, 1.807) is 16.9 Å². The Morgan fingerprint density at radius 2 is 2.03 bits per heavy atom. The summed E-state index contributed by atoms with van der Waals surface area (Å²) in [5.41, 5.74) is 10.5. The molecule has 4 heterocycles. The fraction of sp³-hybridized carbons (Fsp3) is 0.481. The average Bonchev–Trinajstić information content (AvgIpc) is 3.59. The van der Waals surface area contributed by atoms with Crippen LogP contribution in [0.1, 0.15) is 80.4 Å². The van der Waals surface area contributed by atoms with E-state index < -0.39 is 5.60 Å². The fourth-order valence-electron chi connectivity index (χ4n) is 5.13. The number of rotatable bonds is 9. The van der Waals surface area contributed by atoms with Gasteiger partial charge in [0.2, 0.25) is 5.82 Å². The van der Waals surface area contributed by atoms with Crippen LogP contribution >= 0.6 is 0 Å². The maximum atomic E-state index is 13.2. The molecule has 1 saturated carbocycles. The van der Waals surface area contributed by atoms with Crippen molar-refractivity contribution < 1.29 is 9.90 Å². The minimum Gasteiger partial charge on any atom is -0.384 e. The summed E-state index contributed by atoms with van der Waals surface area (Å²) >= 11 is 0. The van der Waals surface area contributed by atoms with Crippen molar-refractivity contribution in [2.75, 3.05) is 5.73 Å². The maximum Gasteiger partial charge on any atom is 0.291 e. The van der Waals surface area contributed by atoms with Crippen LogP contribution in [0.25, 0.3) is 16.8 Å². The highest BCUT2D eigenvalue weighted by molar-refractivity contribution is 5.90. The molecule has 1 aliphatic carbocycles. The predicted octanol–water partition coefficient (Wildman–Crippen LogP) is 3.43. The van der Waals surface area contributed by atoms with E-state index in [0.717, 1.165) is 48.1 Å². The first-order valence-electron chi connectivity index (χ1n) is 13.2. The van der Waals surface area contributed by atoms with Gasteiger partial charge in [-0.1, -0.05) is 13.0 Å². The van der Waals surface area contributed by atoms with E-state index in [1.807, 2.05) is 37.8 Å². The van der Waals surface area contributed by atoms with Crippen molar-refractivity contribution in [3.63, 3.8) is 0 Å². The number of carbonyl (C=O) groups is 1. The smallest absolute Gasteiger partial charge is 0.291 e. The molecule has 0 spiro atoms. The molecule has 2 atom stereocenters. The van der Waals surface area contributed by atoms with Crippen molar-refractivity contribution >= 4 is 17.4 Å². The number of pyridine rings is 1. The van der Waals surface area contributed by atoms with Gasteiger partial charge < -0.3 is 15.7 Å². The molecular formula is C27H35N9O2. The standard InChI is InChI=1S/C27H35N9O2/c1-5-16(2)35(26(37)24-30-15-31-34-24)17(3)7-9-21-18(4)23(28)36-25(33-21)20(14-32-36)19-8-10-22(29-13-19)27(38)11-6-12-27/h8,10,13-17,38H,5-7,9,11-12,28H2,1-4H3,(H,30,31,34)/t16-,17+/m0/s1. The van der Waals surface area contributed by atoms with Gasteiger partial charge in [0, 0.05) is 40.7 Å². The molecule has 0 aliphatic heterocycles. The average molecular weight is 518 g/mol. The summed E-state index contributed by atoms with van der Waals surface area (Å²) in [4.78, 5) is 28.6. The molecule has 1 aliphatic rings. The van der Waals surface area contributed by atoms with Crippen LogP contribution in [-0.4, -0.2) is 62.8 Å². The topological polar surface area (TPSA) is 151 Å². The normalized spacial score (nSPS) is 16.2. The lowest BCUT2D eigenvalue weighted by Crippen LogP contribution is -2.45. The summed E-state index contributed by atoms with van der Waals surface area (Å²) < 4.78 is 1.66. The lowest BCUT2D eigenvalue weighted by Gasteiger charge is -2.35. The molecule has 200 valence electrons. The first-order chi connectivity index (χ1) is 18.2. The Morgan fingerprint density at radius 3 is 2.63 bits per heavy atom. The molecule has 38 heavy (non-hydrogen) atoms. The second-order valence-electron chi connectivity index (χ2n) is 10.4. The van der Waals surface area contributed by atoms with Gasteiger partial charge in [0.05, 0.1) is 11.9 Å². The molecule has 0 unspecified atom stereocenters. The van der Waals surface area contributed by atoms with Crippen LogP contribution in [-0.2, 0) is 12.0 Å². The molecule has 0 aromatic carbocycles. The van der Waals surface area contributed by atoms with E-state index in [-0.39, 0.29) is 23.8 Å². The number of nitrogens with one attached hydrogen (secondary N) is 1. The van der Waals surface area contributed by atoms with Crippen molar-refractivity contribution in [1.29, 1.82) is 0 Å². The Hall–Kier alpha value is -3.86. The van der Waals surface area contributed by atoms with Crippen LogP contribution in [0.2, 0.25) is 0 Å². The number of nitrogen functional groups attached to an aromatic ring is 1. The number of aromatic amines is 1. The first-order valence-corrected chi connectivity index (χ1v) is 13.2. The van der Waals surface area contributed by atoms with Crippen LogP contribution < -0.4 is 5.73 Å². The predicted molar refractivity (Wildman–Crippen MR) is 143 cm³/mol. The van der Waals surface area contributed by atoms with Crippen LogP contribution in [0.4, 0.5) is 5.82 Å². The van der Waals surface area contributed by atoms with Gasteiger partial charge in [0.1, 0.15) is 17.7 Å². The van der Waals surface area contributed by atoms with E-state index in [4.69, 9.17) is 10.7 Å². The number of anilines is 1. The number of nitrogens with two attached hydrogens (primary N) is 1. The minimum atomic E-state index is -0.804. The second kappa shape index (κ2) is 10.1. The number of aryl methyl sites for hydroxylation is 1. The molecule has 0 radical (unpaired) electrons. The van der Waals surface area contributed by atoms with Crippen molar-refractivity contribution in [2.24, 2.45) is 0 Å². The highest BCUT2D eigenvalue weighted by Crippen LogP contribution is 2.40. The zero-order valence-corrected chi connectivity index (χ0v) is 22.3. The van der Waals surface area contributed by atoms with Gasteiger partial charge in [-0.05, 0) is 65.4 Å². The van der Waals surface area contributed by atoms with Gasteiger partial charge in [-0.25, -0.2) is 9.97 Å². The summed E-state index contributed by atoms with van der Waals surface area (Å²) in [6, 6.07) is 3.82. The van der Waals surface area contributed by atoms with Gasteiger partial charge >= 0.3 is 0 Å². The van der Waals surface area contributed by atoms with Crippen LogP contribution in [0.3, 0.4) is 0 Å². The summed E-state index contributed by atoms with van der Waals surface area (Å²) in [6.45, 7) is 8.10. The molecule has 11 heteroatoms. The van der Waals surface area contributed by atoms with E-state index >= 15 is 0 Å². The van der Waals surface area contributed by atoms with Gasteiger partial charge in [0.15, 0.2) is 5.65 Å². The number of H-pyrrole nitrogens is 1. The highest BCUT2D eigenvalue weighted by atomic mass is 16.3. The minimum absolute atomic E-state index is 0.0408. The Morgan fingerprint density at radius 1 is 1.24 bits per heavy atom. The molecule has 4 aromatic rings. The Balaban J connectivity index is 1.40. The van der Waals surface area contributed by atoms with Crippen molar-refractivity contribution in [2.45, 2.75) is 83.9 Å². The van der Waals surface area contributed by atoms with E-state index in [1.165, 1.54) is 6.33 Å². The maximum absolute atomic E-state index is 13.2. The largest absolute Gasteiger partial charge is 0.384 e. The Bertz CT molecular complexity index is 1430. The monoisotopic (exact) mass is 517 g/mol. The number of aliphatic hydroxyl groups is 1. The zero-order valence-electron chi connectivity index (χ0n) is 22.3. The van der Waals surface area contributed by atoms with Crippen LogP contribution in [0.5, 0.6) is 0 Å². The zero-order chi connectivity index (χ0) is 27.0. The number of hydrogen-bond donors (Lipinski definition) is 3. The lowest BCUT2D eigenvalue weighted by molar-refractivity contribution is -0.0426. The molecule has 0 saturated heterocycles. The van der Waals surface area contributed by atoms with E-state index in [9.17, 15) is 9.90 Å². The summed E-state index contributed by atoms with van der Waals surface area (Å²) in [7, 11) is 0. The fourth-order valence-corrected chi connectivity index (χ4v) is 5.13. The molecule has 0 bridgehead atoms. The highest BCUT2D eigenvalue weighted by Gasteiger charge is 2.37. The molecule has 1 fully saturated rings. The SMILES string of the molecule is CC[C@H](C)N(C(=O)c1ncn[nH]1)[C@H](C)CCc1nc2c(-c3ccc(C4(O)CCC4)nc3)cnn2c(N)c1C. The first kappa shape index (κ1) is 25.8. The number of aromatic nitrogens is 7. The number of amides is 1. The van der Waals surface area contributed by atoms with Gasteiger partial charge in [0.25, 0.3) is 5.91 Å². The van der Waals surface area contributed by atoms with Gasteiger partial charge in [-0.2, -0.15) is 14.7 Å². The van der Waals surface area contributed by atoms with E-state index in [0.29, 0.717) is 30.0 Å². The quantitative estimate of drug-likeness (QED) is 0.305. The number of nitrogens with zero attached hydrogens (tertiary/aromatic N) is 7. The van der Waals surface area contributed by atoms with Crippen molar-refractivity contribution in [3.8, 4) is 11.1 Å². The summed E-state index contributed by atoms with van der Waals surface area (Å²) in [5.74, 6) is 0.614. The molecule has 1 amide bonds. The molecule has 4 N–H and O–H groups in total. The third-order valence-corrected chi connectivity index (χ3v) is 7.95. The van der Waals surface area contributed by atoms with E-state index in [2.05, 4.69) is 32.2 Å². The third kappa shape index (κ3) is 4.51. The third-order valence-electron chi connectivity index (χ3n) is 7.95. The summed E-state index contributed by atoms with van der Waals surface area (Å²) in [6.07, 6.45) is 9.53. The summed E-state index contributed by atoms with van der Waals surface area (Å²) in [5, 5.41) is 21.6. The van der Waals surface area contributed by atoms with Crippen LogP contribution in [0, 0.1) is 6.92 Å². The van der Waals surface area contributed by atoms with Crippen LogP contribution in [0.15, 0.2) is 30.9 Å². The molecule has 5 rings (SSSR count). The van der Waals surface area contributed by atoms with Gasteiger partial charge in [-0.3, -0.25) is 14.9 Å². The molecule has 11 nitrogen and oxygen atoms in total. The molecule has 4 aromatic heterocycles. The van der Waals surface area contributed by atoms with Crippen molar-refractivity contribution in [3.05, 3.63) is 53.6 Å². The Labute approximate surface area is 221 Å². The number of hydrogen-bond acceptors (Lipinski definition) is 8. The lowest BCUT2D eigenvalue weighted by atomic mass is 9.77. The van der Waals surface area contributed by atoms with Crippen molar-refractivity contribution in [1.82, 2.24) is 39.7 Å². The second-order valence-corrected chi connectivity index (χ2v) is 10.4. The number of fused-ring (bicyclic) bond motifs is 1. The molecular weight excluding hydrogens is 482 g/mol. The number of carbonyl (C=O) groups excluding carboxylic acids is 1.